The minimum absolute atomic E-state index is 0.157. The molecular formula is C19H17FN2O2S. The fraction of sp³-hybridized carbons (Fsp3) is 0.158. The lowest BCUT2D eigenvalue weighted by Crippen LogP contribution is -2.15. The third kappa shape index (κ3) is 4.09. The number of carbonyl (C=O) groups is 1. The summed E-state index contributed by atoms with van der Waals surface area (Å²) in [5.41, 5.74) is 2.00. The van der Waals surface area contributed by atoms with Crippen molar-refractivity contribution in [3.8, 4) is 5.75 Å². The molecule has 2 aromatic carbocycles. The maximum atomic E-state index is 13.6. The van der Waals surface area contributed by atoms with Crippen LogP contribution in [0, 0.1) is 12.7 Å². The van der Waals surface area contributed by atoms with E-state index < -0.39 is 5.82 Å². The van der Waals surface area contributed by atoms with Gasteiger partial charge in [-0.05, 0) is 48.9 Å². The molecule has 0 saturated heterocycles. The van der Waals surface area contributed by atoms with Gasteiger partial charge in [0.2, 0.25) is 5.91 Å². The number of nitrogens with one attached hydrogen (secondary N) is 1. The number of anilines is 1. The van der Waals surface area contributed by atoms with Gasteiger partial charge < -0.3 is 10.1 Å². The Morgan fingerprint density at radius 1 is 1.24 bits per heavy atom. The first-order chi connectivity index (χ1) is 12.1. The van der Waals surface area contributed by atoms with E-state index in [-0.39, 0.29) is 17.3 Å². The van der Waals surface area contributed by atoms with Gasteiger partial charge in [-0.25, -0.2) is 9.37 Å². The minimum atomic E-state index is -0.449. The van der Waals surface area contributed by atoms with Crippen LogP contribution < -0.4 is 10.1 Å². The van der Waals surface area contributed by atoms with Crippen LogP contribution in [-0.4, -0.2) is 23.8 Å². The first-order valence-electron chi connectivity index (χ1n) is 7.69. The summed E-state index contributed by atoms with van der Waals surface area (Å²) >= 11 is 1.33. The summed E-state index contributed by atoms with van der Waals surface area (Å²) in [7, 11) is 1.62. The normalized spacial score (nSPS) is 10.7. The van der Waals surface area contributed by atoms with Crippen LogP contribution in [-0.2, 0) is 4.79 Å². The summed E-state index contributed by atoms with van der Waals surface area (Å²) in [5, 5.41) is 4.34. The molecular weight excluding hydrogens is 339 g/mol. The number of methoxy groups -OCH3 is 1. The number of para-hydroxylation sites is 1. The first-order valence-corrected chi connectivity index (χ1v) is 8.68. The van der Waals surface area contributed by atoms with Gasteiger partial charge in [0.1, 0.15) is 16.6 Å². The number of amides is 1. The quantitative estimate of drug-likeness (QED) is 0.688. The molecule has 1 heterocycles. The smallest absolute Gasteiger partial charge is 0.234 e. The zero-order chi connectivity index (χ0) is 17.8. The van der Waals surface area contributed by atoms with Crippen LogP contribution in [0.2, 0.25) is 0 Å². The van der Waals surface area contributed by atoms with E-state index in [2.05, 4.69) is 10.3 Å². The van der Waals surface area contributed by atoms with Crippen LogP contribution in [0.1, 0.15) is 5.56 Å². The Morgan fingerprint density at radius 2 is 2.04 bits per heavy atom. The predicted molar refractivity (Wildman–Crippen MR) is 98.8 cm³/mol. The van der Waals surface area contributed by atoms with Gasteiger partial charge in [0.15, 0.2) is 0 Å². The van der Waals surface area contributed by atoms with Crippen molar-refractivity contribution in [3.63, 3.8) is 0 Å². The fourth-order valence-electron chi connectivity index (χ4n) is 2.40. The first kappa shape index (κ1) is 17.2. The monoisotopic (exact) mass is 356 g/mol. The molecule has 0 fully saturated rings. The van der Waals surface area contributed by atoms with Gasteiger partial charge in [-0.15, -0.1) is 0 Å². The maximum absolute atomic E-state index is 13.6. The SMILES string of the molecule is COc1ccc2nc(SCC(=O)Nc3ccccc3F)c(C)cc2c1. The number of aryl methyl sites for hydroxylation is 1. The molecule has 1 aromatic heterocycles. The number of carbonyl (C=O) groups excluding carboxylic acids is 1. The molecule has 0 unspecified atom stereocenters. The van der Waals surface area contributed by atoms with E-state index in [1.54, 1.807) is 19.2 Å². The Balaban J connectivity index is 1.71. The van der Waals surface area contributed by atoms with Crippen molar-refractivity contribution >= 4 is 34.3 Å². The molecule has 0 bridgehead atoms. The molecule has 0 atom stereocenters. The summed E-state index contributed by atoms with van der Waals surface area (Å²) in [4.78, 5) is 16.7. The molecule has 1 N–H and O–H groups in total. The van der Waals surface area contributed by atoms with Crippen molar-refractivity contribution < 1.29 is 13.9 Å². The molecule has 128 valence electrons. The van der Waals surface area contributed by atoms with E-state index in [1.807, 2.05) is 31.2 Å². The highest BCUT2D eigenvalue weighted by Gasteiger charge is 2.10. The summed E-state index contributed by atoms with van der Waals surface area (Å²) in [6, 6.07) is 13.8. The molecule has 4 nitrogen and oxygen atoms in total. The van der Waals surface area contributed by atoms with Crippen LogP contribution in [0.4, 0.5) is 10.1 Å². The number of hydrogen-bond acceptors (Lipinski definition) is 4. The van der Waals surface area contributed by atoms with E-state index >= 15 is 0 Å². The average Bonchev–Trinajstić information content (AvgIpc) is 2.61. The van der Waals surface area contributed by atoms with Crippen molar-refractivity contribution in [1.82, 2.24) is 4.98 Å². The fourth-order valence-corrected chi connectivity index (χ4v) is 3.19. The molecule has 0 aliphatic rings. The number of aromatic nitrogens is 1. The van der Waals surface area contributed by atoms with Gasteiger partial charge in [-0.2, -0.15) is 0 Å². The van der Waals surface area contributed by atoms with E-state index in [0.717, 1.165) is 27.2 Å². The summed E-state index contributed by atoms with van der Waals surface area (Å²) < 4.78 is 18.8. The average molecular weight is 356 g/mol. The topological polar surface area (TPSA) is 51.2 Å². The van der Waals surface area contributed by atoms with E-state index in [0.29, 0.717) is 0 Å². The Bertz CT molecular complexity index is 930. The van der Waals surface area contributed by atoms with E-state index in [4.69, 9.17) is 4.74 Å². The lowest BCUT2D eigenvalue weighted by Gasteiger charge is -2.09. The van der Waals surface area contributed by atoms with Crippen molar-refractivity contribution in [3.05, 3.63) is 59.9 Å². The summed E-state index contributed by atoms with van der Waals surface area (Å²) in [5.74, 6) is 0.211. The van der Waals surface area contributed by atoms with Crippen LogP contribution in [0.5, 0.6) is 5.75 Å². The number of hydrogen-bond donors (Lipinski definition) is 1. The van der Waals surface area contributed by atoms with Gasteiger partial charge in [-0.1, -0.05) is 23.9 Å². The molecule has 0 spiro atoms. The van der Waals surface area contributed by atoms with Gasteiger partial charge in [0.25, 0.3) is 0 Å². The molecule has 0 aliphatic carbocycles. The molecule has 6 heteroatoms. The summed E-state index contributed by atoms with van der Waals surface area (Å²) in [6.45, 7) is 1.95. The van der Waals surface area contributed by atoms with Crippen molar-refractivity contribution in [2.45, 2.75) is 11.9 Å². The molecule has 3 aromatic rings. The largest absolute Gasteiger partial charge is 0.497 e. The Morgan fingerprint density at radius 3 is 2.80 bits per heavy atom. The Kier molecular flexibility index (Phi) is 5.19. The van der Waals surface area contributed by atoms with E-state index in [1.165, 1.54) is 23.9 Å². The van der Waals surface area contributed by atoms with Crippen molar-refractivity contribution in [2.24, 2.45) is 0 Å². The maximum Gasteiger partial charge on any atom is 0.234 e. The second kappa shape index (κ2) is 7.53. The minimum Gasteiger partial charge on any atom is -0.497 e. The molecule has 3 rings (SSSR count). The number of halogens is 1. The molecule has 0 radical (unpaired) electrons. The van der Waals surface area contributed by atoms with Crippen LogP contribution >= 0.6 is 11.8 Å². The van der Waals surface area contributed by atoms with Crippen molar-refractivity contribution in [1.29, 1.82) is 0 Å². The second-order valence-electron chi connectivity index (χ2n) is 5.49. The number of nitrogens with zero attached hydrogens (tertiary/aromatic N) is 1. The number of fused-ring (bicyclic) bond motifs is 1. The standard InChI is InChI=1S/C19H17FN2O2S/c1-12-9-13-10-14(24-2)7-8-16(13)22-19(12)25-11-18(23)21-17-6-4-3-5-15(17)20/h3-10H,11H2,1-2H3,(H,21,23). The number of pyridine rings is 1. The number of ether oxygens (including phenoxy) is 1. The molecule has 25 heavy (non-hydrogen) atoms. The van der Waals surface area contributed by atoms with Gasteiger partial charge in [0.05, 0.1) is 24.1 Å². The lowest BCUT2D eigenvalue weighted by molar-refractivity contribution is -0.113. The lowest BCUT2D eigenvalue weighted by atomic mass is 10.1. The Hall–Kier alpha value is -2.60. The molecule has 1 amide bonds. The van der Waals surface area contributed by atoms with Crippen molar-refractivity contribution in [2.75, 3.05) is 18.2 Å². The predicted octanol–water partition coefficient (Wildman–Crippen LogP) is 4.42. The van der Waals surface area contributed by atoms with Gasteiger partial charge in [0, 0.05) is 5.39 Å². The highest BCUT2D eigenvalue weighted by molar-refractivity contribution is 8.00. The summed E-state index contributed by atoms with van der Waals surface area (Å²) in [6.07, 6.45) is 0. The molecule has 0 saturated carbocycles. The van der Waals surface area contributed by atoms with Gasteiger partial charge in [-0.3, -0.25) is 4.79 Å². The van der Waals surface area contributed by atoms with Crippen LogP contribution in [0.25, 0.3) is 10.9 Å². The van der Waals surface area contributed by atoms with Crippen LogP contribution in [0.3, 0.4) is 0 Å². The number of rotatable bonds is 5. The van der Waals surface area contributed by atoms with Crippen LogP contribution in [0.15, 0.2) is 53.6 Å². The highest BCUT2D eigenvalue weighted by atomic mass is 32.2. The number of benzene rings is 2. The Labute approximate surface area is 149 Å². The third-order valence-electron chi connectivity index (χ3n) is 3.65. The number of thioether (sulfide) groups is 1. The zero-order valence-electron chi connectivity index (χ0n) is 13.9. The zero-order valence-corrected chi connectivity index (χ0v) is 14.7. The second-order valence-corrected chi connectivity index (χ2v) is 6.45. The van der Waals surface area contributed by atoms with E-state index in [9.17, 15) is 9.18 Å². The molecule has 0 aliphatic heterocycles. The highest BCUT2D eigenvalue weighted by Crippen LogP contribution is 2.27. The van der Waals surface area contributed by atoms with Gasteiger partial charge >= 0.3 is 0 Å². The third-order valence-corrected chi connectivity index (χ3v) is 4.75.